The molecule has 1 unspecified atom stereocenters. The Labute approximate surface area is 198 Å². The number of aromatic nitrogens is 2. The fourth-order valence-electron chi connectivity index (χ4n) is 3.65. The molecule has 0 spiro atoms. The van der Waals surface area contributed by atoms with Gasteiger partial charge in [0.2, 0.25) is 0 Å². The van der Waals surface area contributed by atoms with E-state index in [1.54, 1.807) is 13.2 Å². The number of imidazole rings is 1. The molecule has 6 nitrogen and oxygen atoms in total. The minimum atomic E-state index is -4.19. The van der Waals surface area contributed by atoms with Gasteiger partial charge < -0.3 is 14.8 Å². The fourth-order valence-corrected chi connectivity index (χ4v) is 3.65. The van der Waals surface area contributed by atoms with Crippen LogP contribution in [0.2, 0.25) is 0 Å². The molecule has 1 aliphatic heterocycles. The molecule has 1 saturated heterocycles. The molecule has 1 aromatic carbocycles. The van der Waals surface area contributed by atoms with E-state index in [4.69, 9.17) is 0 Å². The van der Waals surface area contributed by atoms with Gasteiger partial charge in [-0.2, -0.15) is 13.2 Å². The number of hydrogen-bond acceptors (Lipinski definition) is 3. The van der Waals surface area contributed by atoms with Crippen LogP contribution in [0.5, 0.6) is 0 Å². The Morgan fingerprint density at radius 3 is 2.45 bits per heavy atom. The quantitative estimate of drug-likeness (QED) is 0.352. The Kier molecular flexibility index (Phi) is 9.16. The molecule has 0 bridgehead atoms. The van der Waals surface area contributed by atoms with E-state index in [1.807, 2.05) is 30.2 Å². The fraction of sp³-hybridized carbons (Fsp3) is 0.524. The summed E-state index contributed by atoms with van der Waals surface area (Å²) in [5.74, 6) is 1.68. The topological polar surface area (TPSA) is 48.7 Å². The zero-order chi connectivity index (χ0) is 21.7. The summed E-state index contributed by atoms with van der Waals surface area (Å²) in [6, 6.07) is 6.88. The van der Waals surface area contributed by atoms with Crippen LogP contribution in [0.1, 0.15) is 23.9 Å². The van der Waals surface area contributed by atoms with Gasteiger partial charge in [0.15, 0.2) is 5.96 Å². The summed E-state index contributed by atoms with van der Waals surface area (Å²) in [7, 11) is 1.70. The number of rotatable bonds is 5. The molecule has 1 N–H and O–H groups in total. The van der Waals surface area contributed by atoms with Crippen molar-refractivity contribution in [3.63, 3.8) is 0 Å². The number of aliphatic imine (C=N–C) groups is 1. The molecule has 31 heavy (non-hydrogen) atoms. The van der Waals surface area contributed by atoms with E-state index in [-0.39, 0.29) is 24.0 Å². The summed E-state index contributed by atoms with van der Waals surface area (Å²) in [5.41, 5.74) is 2.30. The van der Waals surface area contributed by atoms with Crippen molar-refractivity contribution in [1.29, 1.82) is 0 Å². The maximum atomic E-state index is 12.9. The van der Waals surface area contributed by atoms with Crippen LogP contribution in [-0.4, -0.2) is 70.8 Å². The minimum absolute atomic E-state index is 0. The van der Waals surface area contributed by atoms with Crippen LogP contribution in [0.4, 0.5) is 13.2 Å². The third-order valence-corrected chi connectivity index (χ3v) is 5.57. The first-order valence-electron chi connectivity index (χ1n) is 10.1. The molecule has 1 fully saturated rings. The van der Waals surface area contributed by atoms with Crippen molar-refractivity contribution in [2.24, 2.45) is 4.99 Å². The molecule has 1 atom stereocenters. The minimum Gasteiger partial charge on any atom is -0.352 e. The SMILES string of the molecule is CN=C(NCc1cccc(Cn2ccnc2C)c1)N1CCN(C(C)C(F)(F)F)CC1.I. The van der Waals surface area contributed by atoms with Crippen LogP contribution in [0.25, 0.3) is 0 Å². The van der Waals surface area contributed by atoms with Crippen molar-refractivity contribution in [2.45, 2.75) is 39.2 Å². The number of piperazine rings is 1. The summed E-state index contributed by atoms with van der Waals surface area (Å²) >= 11 is 0. The average molecular weight is 550 g/mol. The van der Waals surface area contributed by atoms with Crippen molar-refractivity contribution in [3.05, 3.63) is 53.6 Å². The van der Waals surface area contributed by atoms with Crippen molar-refractivity contribution in [1.82, 2.24) is 24.7 Å². The maximum absolute atomic E-state index is 12.9. The van der Waals surface area contributed by atoms with E-state index in [2.05, 4.69) is 32.0 Å². The predicted molar refractivity (Wildman–Crippen MR) is 127 cm³/mol. The molecule has 0 radical (unpaired) electrons. The summed E-state index contributed by atoms with van der Waals surface area (Å²) in [5, 5.41) is 3.34. The molecule has 2 aromatic rings. The molecule has 0 saturated carbocycles. The van der Waals surface area contributed by atoms with Gasteiger partial charge in [0.05, 0.1) is 0 Å². The Hall–Kier alpha value is -1.82. The Bertz CT molecular complexity index is 859. The lowest BCUT2D eigenvalue weighted by molar-refractivity contribution is -0.181. The number of halogens is 4. The third kappa shape index (κ3) is 6.83. The van der Waals surface area contributed by atoms with Gasteiger partial charge in [0, 0.05) is 58.7 Å². The standard InChI is InChI=1S/C21H29F3N6.HI/c1-16(21(22,23)24)28-9-11-29(12-10-28)20(25-3)27-14-18-5-4-6-19(13-18)15-30-8-7-26-17(30)2;/h4-8,13,16H,9-12,14-15H2,1-3H3,(H,25,27);1H. The van der Waals surface area contributed by atoms with Crippen molar-refractivity contribution >= 4 is 29.9 Å². The third-order valence-electron chi connectivity index (χ3n) is 5.57. The van der Waals surface area contributed by atoms with Crippen LogP contribution >= 0.6 is 24.0 Å². The highest BCUT2D eigenvalue weighted by atomic mass is 127. The molecule has 3 rings (SSSR count). The van der Waals surface area contributed by atoms with Gasteiger partial charge in [-0.25, -0.2) is 4.98 Å². The van der Waals surface area contributed by atoms with E-state index in [0.717, 1.165) is 17.9 Å². The maximum Gasteiger partial charge on any atom is 0.403 e. The lowest BCUT2D eigenvalue weighted by Crippen LogP contribution is -2.56. The van der Waals surface area contributed by atoms with E-state index in [9.17, 15) is 13.2 Å². The Morgan fingerprint density at radius 2 is 1.87 bits per heavy atom. The largest absolute Gasteiger partial charge is 0.403 e. The second-order valence-corrected chi connectivity index (χ2v) is 7.56. The lowest BCUT2D eigenvalue weighted by atomic mass is 10.1. The summed E-state index contributed by atoms with van der Waals surface area (Å²) in [6.07, 6.45) is -0.441. The highest BCUT2D eigenvalue weighted by molar-refractivity contribution is 14.0. The smallest absolute Gasteiger partial charge is 0.352 e. The Morgan fingerprint density at radius 1 is 1.19 bits per heavy atom. The molecular formula is C21H30F3IN6. The van der Waals surface area contributed by atoms with Gasteiger partial charge in [0.25, 0.3) is 0 Å². The second-order valence-electron chi connectivity index (χ2n) is 7.56. The van der Waals surface area contributed by atoms with Gasteiger partial charge >= 0.3 is 6.18 Å². The van der Waals surface area contributed by atoms with Gasteiger partial charge in [-0.1, -0.05) is 24.3 Å². The van der Waals surface area contributed by atoms with Gasteiger partial charge in [-0.05, 0) is 25.0 Å². The predicted octanol–water partition coefficient (Wildman–Crippen LogP) is 3.50. The zero-order valence-electron chi connectivity index (χ0n) is 18.1. The normalized spacial score (nSPS) is 16.7. The van der Waals surface area contributed by atoms with E-state index in [1.165, 1.54) is 17.4 Å². The van der Waals surface area contributed by atoms with Crippen LogP contribution in [0.15, 0.2) is 41.7 Å². The second kappa shape index (κ2) is 11.2. The molecule has 172 valence electrons. The van der Waals surface area contributed by atoms with Crippen molar-refractivity contribution < 1.29 is 13.2 Å². The van der Waals surface area contributed by atoms with Crippen molar-refractivity contribution in [3.8, 4) is 0 Å². The van der Waals surface area contributed by atoms with E-state index < -0.39 is 12.2 Å². The molecular weight excluding hydrogens is 520 g/mol. The van der Waals surface area contributed by atoms with E-state index >= 15 is 0 Å². The number of guanidine groups is 1. The summed E-state index contributed by atoms with van der Waals surface area (Å²) < 4.78 is 40.9. The summed E-state index contributed by atoms with van der Waals surface area (Å²) in [4.78, 5) is 12.1. The van der Waals surface area contributed by atoms with Crippen LogP contribution in [0, 0.1) is 6.92 Å². The molecule has 10 heteroatoms. The first kappa shape index (κ1) is 25.4. The molecule has 0 amide bonds. The zero-order valence-corrected chi connectivity index (χ0v) is 20.4. The highest BCUT2D eigenvalue weighted by Crippen LogP contribution is 2.25. The van der Waals surface area contributed by atoms with Crippen LogP contribution in [-0.2, 0) is 13.1 Å². The molecule has 0 aliphatic carbocycles. The van der Waals surface area contributed by atoms with Crippen LogP contribution < -0.4 is 5.32 Å². The van der Waals surface area contributed by atoms with Crippen LogP contribution in [0.3, 0.4) is 0 Å². The molecule has 1 aromatic heterocycles. The lowest BCUT2D eigenvalue weighted by Gasteiger charge is -2.39. The first-order valence-corrected chi connectivity index (χ1v) is 10.1. The molecule has 2 heterocycles. The van der Waals surface area contributed by atoms with Crippen molar-refractivity contribution in [2.75, 3.05) is 33.2 Å². The number of alkyl halides is 3. The van der Waals surface area contributed by atoms with E-state index in [0.29, 0.717) is 38.7 Å². The Balaban J connectivity index is 0.00000341. The first-order chi connectivity index (χ1) is 14.3. The number of nitrogens with zero attached hydrogens (tertiary/aromatic N) is 5. The molecule has 1 aliphatic rings. The highest BCUT2D eigenvalue weighted by Gasteiger charge is 2.41. The number of hydrogen-bond donors (Lipinski definition) is 1. The monoisotopic (exact) mass is 550 g/mol. The number of nitrogens with one attached hydrogen (secondary N) is 1. The van der Waals surface area contributed by atoms with Gasteiger partial charge in [-0.15, -0.1) is 24.0 Å². The number of aryl methyl sites for hydroxylation is 1. The number of benzene rings is 1. The average Bonchev–Trinajstić information content (AvgIpc) is 3.12. The summed E-state index contributed by atoms with van der Waals surface area (Å²) in [6.45, 7) is 6.31. The van der Waals surface area contributed by atoms with Gasteiger partial charge in [-0.3, -0.25) is 9.89 Å². The van der Waals surface area contributed by atoms with Gasteiger partial charge in [0.1, 0.15) is 11.9 Å².